The third-order valence-corrected chi connectivity index (χ3v) is 3.95. The van der Waals surface area contributed by atoms with Gasteiger partial charge in [-0.1, -0.05) is 0 Å². The van der Waals surface area contributed by atoms with E-state index >= 15 is 0 Å². The first-order valence-corrected chi connectivity index (χ1v) is 8.31. The van der Waals surface area contributed by atoms with Gasteiger partial charge in [-0.05, 0) is 43.3 Å². The predicted molar refractivity (Wildman–Crippen MR) is 99.5 cm³/mol. The van der Waals surface area contributed by atoms with E-state index < -0.39 is 0 Å². The SMILES string of the molecule is CCOc1ccc(C(=O)N(C)Cc2ccc(OC)c(OC)c2OC)cc1. The Balaban J connectivity index is 2.20. The van der Waals surface area contributed by atoms with Crippen molar-refractivity contribution in [2.45, 2.75) is 13.5 Å². The van der Waals surface area contributed by atoms with E-state index in [0.717, 1.165) is 11.3 Å². The first-order valence-electron chi connectivity index (χ1n) is 8.31. The summed E-state index contributed by atoms with van der Waals surface area (Å²) in [5.74, 6) is 2.29. The van der Waals surface area contributed by atoms with E-state index in [1.165, 1.54) is 0 Å². The summed E-state index contributed by atoms with van der Waals surface area (Å²) in [6.07, 6.45) is 0. The van der Waals surface area contributed by atoms with Crippen LogP contribution in [0.5, 0.6) is 23.0 Å². The van der Waals surface area contributed by atoms with Gasteiger partial charge in [-0.2, -0.15) is 0 Å². The second kappa shape index (κ2) is 8.99. The Hall–Kier alpha value is -2.89. The molecule has 0 spiro atoms. The van der Waals surface area contributed by atoms with Crippen molar-refractivity contribution >= 4 is 5.91 Å². The number of carbonyl (C=O) groups excluding carboxylic acids is 1. The molecule has 2 aromatic rings. The molecule has 0 radical (unpaired) electrons. The van der Waals surface area contributed by atoms with Crippen LogP contribution in [0.4, 0.5) is 0 Å². The van der Waals surface area contributed by atoms with Crippen LogP contribution in [-0.2, 0) is 6.54 Å². The summed E-state index contributed by atoms with van der Waals surface area (Å²) in [6.45, 7) is 2.88. The number of rotatable bonds is 8. The van der Waals surface area contributed by atoms with E-state index in [9.17, 15) is 4.79 Å². The predicted octanol–water partition coefficient (Wildman–Crippen LogP) is 3.38. The molecule has 140 valence electrons. The van der Waals surface area contributed by atoms with Gasteiger partial charge in [0.25, 0.3) is 5.91 Å². The van der Waals surface area contributed by atoms with Gasteiger partial charge in [0.15, 0.2) is 11.5 Å². The summed E-state index contributed by atoms with van der Waals surface area (Å²) in [5, 5.41) is 0. The van der Waals surface area contributed by atoms with Gasteiger partial charge >= 0.3 is 0 Å². The normalized spacial score (nSPS) is 10.2. The van der Waals surface area contributed by atoms with Gasteiger partial charge in [-0.3, -0.25) is 4.79 Å². The molecule has 26 heavy (non-hydrogen) atoms. The van der Waals surface area contributed by atoms with Gasteiger partial charge < -0.3 is 23.8 Å². The lowest BCUT2D eigenvalue weighted by Gasteiger charge is -2.21. The van der Waals surface area contributed by atoms with Crippen molar-refractivity contribution in [1.82, 2.24) is 4.90 Å². The molecule has 0 bridgehead atoms. The lowest BCUT2D eigenvalue weighted by Crippen LogP contribution is -2.26. The van der Waals surface area contributed by atoms with Crippen LogP contribution in [0.25, 0.3) is 0 Å². The van der Waals surface area contributed by atoms with Gasteiger partial charge in [-0.15, -0.1) is 0 Å². The molecule has 6 nitrogen and oxygen atoms in total. The fraction of sp³-hybridized carbons (Fsp3) is 0.350. The summed E-state index contributed by atoms with van der Waals surface area (Å²) < 4.78 is 21.6. The number of methoxy groups -OCH3 is 3. The second-order valence-corrected chi connectivity index (χ2v) is 5.61. The molecule has 0 N–H and O–H groups in total. The average Bonchev–Trinajstić information content (AvgIpc) is 2.67. The molecule has 0 aliphatic rings. The minimum absolute atomic E-state index is 0.0927. The lowest BCUT2D eigenvalue weighted by atomic mass is 10.1. The number of nitrogens with zero attached hydrogens (tertiary/aromatic N) is 1. The quantitative estimate of drug-likeness (QED) is 0.723. The first-order chi connectivity index (χ1) is 12.5. The minimum atomic E-state index is -0.0927. The average molecular weight is 359 g/mol. The third kappa shape index (κ3) is 4.20. The summed E-state index contributed by atoms with van der Waals surface area (Å²) in [6, 6.07) is 10.8. The number of ether oxygens (including phenoxy) is 4. The molecule has 0 aromatic heterocycles. The maximum Gasteiger partial charge on any atom is 0.253 e. The Labute approximate surface area is 154 Å². The van der Waals surface area contributed by atoms with Crippen LogP contribution in [0.15, 0.2) is 36.4 Å². The fourth-order valence-electron chi connectivity index (χ4n) is 2.70. The molecule has 1 amide bonds. The van der Waals surface area contributed by atoms with Gasteiger partial charge in [0.05, 0.1) is 27.9 Å². The molecule has 6 heteroatoms. The van der Waals surface area contributed by atoms with Crippen LogP contribution in [0.2, 0.25) is 0 Å². The molecule has 2 rings (SSSR count). The van der Waals surface area contributed by atoms with E-state index in [1.807, 2.05) is 13.0 Å². The van der Waals surface area contributed by atoms with Crippen molar-refractivity contribution in [3.8, 4) is 23.0 Å². The van der Waals surface area contributed by atoms with Gasteiger partial charge in [0, 0.05) is 24.7 Å². The van der Waals surface area contributed by atoms with E-state index in [2.05, 4.69) is 0 Å². The summed E-state index contributed by atoms with van der Waals surface area (Å²) in [5.41, 5.74) is 1.42. The van der Waals surface area contributed by atoms with E-state index in [4.69, 9.17) is 18.9 Å². The Bertz CT molecular complexity index is 743. The Kier molecular flexibility index (Phi) is 6.72. The van der Waals surface area contributed by atoms with E-state index in [-0.39, 0.29) is 5.91 Å². The highest BCUT2D eigenvalue weighted by Gasteiger charge is 2.19. The van der Waals surface area contributed by atoms with Gasteiger partial charge in [0.2, 0.25) is 5.75 Å². The maximum absolute atomic E-state index is 12.7. The highest BCUT2D eigenvalue weighted by atomic mass is 16.5. The largest absolute Gasteiger partial charge is 0.494 e. The summed E-state index contributed by atoms with van der Waals surface area (Å²) in [7, 11) is 6.43. The number of benzene rings is 2. The molecule has 0 saturated carbocycles. The lowest BCUT2D eigenvalue weighted by molar-refractivity contribution is 0.0784. The third-order valence-electron chi connectivity index (χ3n) is 3.95. The van der Waals surface area contributed by atoms with Crippen LogP contribution >= 0.6 is 0 Å². The molecule has 0 unspecified atom stereocenters. The van der Waals surface area contributed by atoms with Crippen LogP contribution in [0.3, 0.4) is 0 Å². The fourth-order valence-corrected chi connectivity index (χ4v) is 2.70. The minimum Gasteiger partial charge on any atom is -0.494 e. The molecule has 0 aliphatic heterocycles. The Morgan fingerprint density at radius 3 is 2.12 bits per heavy atom. The van der Waals surface area contributed by atoms with Gasteiger partial charge in [-0.25, -0.2) is 0 Å². The van der Waals surface area contributed by atoms with E-state index in [0.29, 0.717) is 36.0 Å². The topological polar surface area (TPSA) is 57.2 Å². The monoisotopic (exact) mass is 359 g/mol. The van der Waals surface area contributed by atoms with Crippen molar-refractivity contribution in [2.75, 3.05) is 35.0 Å². The Morgan fingerprint density at radius 1 is 0.923 bits per heavy atom. The molecular weight excluding hydrogens is 334 g/mol. The van der Waals surface area contributed by atoms with Crippen molar-refractivity contribution in [1.29, 1.82) is 0 Å². The number of amides is 1. The second-order valence-electron chi connectivity index (χ2n) is 5.61. The number of hydrogen-bond acceptors (Lipinski definition) is 5. The van der Waals surface area contributed by atoms with Crippen LogP contribution in [0.1, 0.15) is 22.8 Å². The smallest absolute Gasteiger partial charge is 0.253 e. The van der Waals surface area contributed by atoms with Crippen LogP contribution in [0, 0.1) is 0 Å². The number of carbonyl (C=O) groups is 1. The standard InChI is InChI=1S/C20H25NO5/c1-6-26-16-10-7-14(8-11-16)20(22)21(2)13-15-9-12-17(23-3)19(25-5)18(15)24-4/h7-12H,6,13H2,1-5H3. The van der Waals surface area contributed by atoms with E-state index in [1.54, 1.807) is 63.6 Å². The van der Waals surface area contributed by atoms with Gasteiger partial charge in [0.1, 0.15) is 5.75 Å². The molecule has 0 saturated heterocycles. The van der Waals surface area contributed by atoms with Crippen molar-refractivity contribution < 1.29 is 23.7 Å². The maximum atomic E-state index is 12.7. The van der Waals surface area contributed by atoms with Crippen molar-refractivity contribution in [3.63, 3.8) is 0 Å². The molecule has 0 atom stereocenters. The first kappa shape index (κ1) is 19.4. The molecule has 0 fully saturated rings. The van der Waals surface area contributed by atoms with Crippen molar-refractivity contribution in [3.05, 3.63) is 47.5 Å². The molecular formula is C20H25NO5. The molecule has 0 aliphatic carbocycles. The summed E-state index contributed by atoms with van der Waals surface area (Å²) >= 11 is 0. The van der Waals surface area contributed by atoms with Crippen LogP contribution < -0.4 is 18.9 Å². The zero-order chi connectivity index (χ0) is 19.1. The van der Waals surface area contributed by atoms with Crippen molar-refractivity contribution in [2.24, 2.45) is 0 Å². The molecule has 2 aromatic carbocycles. The summed E-state index contributed by atoms with van der Waals surface area (Å²) in [4.78, 5) is 14.3. The zero-order valence-corrected chi connectivity index (χ0v) is 15.9. The highest BCUT2D eigenvalue weighted by molar-refractivity contribution is 5.94. The highest BCUT2D eigenvalue weighted by Crippen LogP contribution is 2.40. The molecule has 0 heterocycles. The van der Waals surface area contributed by atoms with Crippen LogP contribution in [-0.4, -0.2) is 45.8 Å². The number of hydrogen-bond donors (Lipinski definition) is 0. The Morgan fingerprint density at radius 2 is 1.58 bits per heavy atom. The zero-order valence-electron chi connectivity index (χ0n) is 15.9.